The number of rotatable bonds is 3. The standard InChI is InChI=1S/C10H12BrNO4/c11-7-5-8-10(15-4-3-14-8)6(9(7)13)1-2-16-12/h5,13H,1-4,12H2. The van der Waals surface area contributed by atoms with Crippen LogP contribution in [0.5, 0.6) is 17.2 Å². The molecule has 1 aliphatic heterocycles. The molecule has 0 radical (unpaired) electrons. The zero-order valence-corrected chi connectivity index (χ0v) is 10.1. The molecule has 0 aliphatic carbocycles. The predicted octanol–water partition coefficient (Wildman–Crippen LogP) is 1.36. The van der Waals surface area contributed by atoms with E-state index in [4.69, 9.17) is 15.4 Å². The molecule has 1 aromatic rings. The Morgan fingerprint density at radius 2 is 2.19 bits per heavy atom. The van der Waals surface area contributed by atoms with Crippen molar-refractivity contribution in [3.8, 4) is 17.2 Å². The first-order valence-electron chi connectivity index (χ1n) is 4.85. The van der Waals surface area contributed by atoms with Crippen molar-refractivity contribution in [2.75, 3.05) is 19.8 Å². The molecular formula is C10H12BrNO4. The van der Waals surface area contributed by atoms with E-state index in [1.165, 1.54) is 0 Å². The number of hydrogen-bond acceptors (Lipinski definition) is 5. The topological polar surface area (TPSA) is 73.9 Å². The van der Waals surface area contributed by atoms with Gasteiger partial charge >= 0.3 is 0 Å². The lowest BCUT2D eigenvalue weighted by Crippen LogP contribution is -2.17. The second-order valence-electron chi connectivity index (χ2n) is 3.33. The molecule has 0 spiro atoms. The van der Waals surface area contributed by atoms with Crippen molar-refractivity contribution in [1.29, 1.82) is 0 Å². The molecule has 5 nitrogen and oxygen atoms in total. The summed E-state index contributed by atoms with van der Waals surface area (Å²) in [5.74, 6) is 6.32. The van der Waals surface area contributed by atoms with Crippen molar-refractivity contribution in [1.82, 2.24) is 0 Å². The number of benzene rings is 1. The number of fused-ring (bicyclic) bond motifs is 1. The number of hydrogen-bond donors (Lipinski definition) is 2. The van der Waals surface area contributed by atoms with Crippen LogP contribution in [0.25, 0.3) is 0 Å². The highest BCUT2D eigenvalue weighted by atomic mass is 79.9. The maximum Gasteiger partial charge on any atom is 0.168 e. The van der Waals surface area contributed by atoms with Gasteiger partial charge in [0, 0.05) is 18.1 Å². The molecule has 0 unspecified atom stereocenters. The molecule has 0 bridgehead atoms. The Bertz CT molecular complexity index is 397. The van der Waals surface area contributed by atoms with E-state index in [0.717, 1.165) is 0 Å². The minimum atomic E-state index is 0.140. The second-order valence-corrected chi connectivity index (χ2v) is 4.18. The van der Waals surface area contributed by atoms with Gasteiger partial charge in [-0.05, 0) is 15.9 Å². The summed E-state index contributed by atoms with van der Waals surface area (Å²) in [6.45, 7) is 1.29. The average molecular weight is 290 g/mol. The van der Waals surface area contributed by atoms with E-state index >= 15 is 0 Å². The van der Waals surface area contributed by atoms with Crippen LogP contribution >= 0.6 is 15.9 Å². The highest BCUT2D eigenvalue weighted by molar-refractivity contribution is 9.10. The normalized spacial score (nSPS) is 13.9. The first-order chi connectivity index (χ1) is 7.74. The lowest BCUT2D eigenvalue weighted by Gasteiger charge is -2.22. The predicted molar refractivity (Wildman–Crippen MR) is 60.6 cm³/mol. The van der Waals surface area contributed by atoms with Crippen LogP contribution in [0.4, 0.5) is 0 Å². The van der Waals surface area contributed by atoms with Crippen LogP contribution in [-0.4, -0.2) is 24.9 Å². The van der Waals surface area contributed by atoms with Crippen molar-refractivity contribution in [2.24, 2.45) is 5.90 Å². The number of phenols is 1. The van der Waals surface area contributed by atoms with Crippen molar-refractivity contribution in [2.45, 2.75) is 6.42 Å². The maximum absolute atomic E-state index is 9.90. The fraction of sp³-hybridized carbons (Fsp3) is 0.400. The van der Waals surface area contributed by atoms with Gasteiger partial charge in [0.25, 0.3) is 0 Å². The largest absolute Gasteiger partial charge is 0.506 e. The van der Waals surface area contributed by atoms with Crippen LogP contribution in [0.3, 0.4) is 0 Å². The van der Waals surface area contributed by atoms with Gasteiger partial charge in [0.05, 0.1) is 11.1 Å². The van der Waals surface area contributed by atoms with Gasteiger partial charge in [0.2, 0.25) is 0 Å². The van der Waals surface area contributed by atoms with E-state index in [1.54, 1.807) is 6.07 Å². The number of halogens is 1. The van der Waals surface area contributed by atoms with Crippen molar-refractivity contribution in [3.63, 3.8) is 0 Å². The Kier molecular flexibility index (Phi) is 3.52. The second kappa shape index (κ2) is 4.90. The van der Waals surface area contributed by atoms with Crippen LogP contribution in [0.2, 0.25) is 0 Å². The molecule has 0 aromatic heterocycles. The molecular weight excluding hydrogens is 278 g/mol. The Hall–Kier alpha value is -0.980. The molecule has 1 aliphatic rings. The molecule has 2 rings (SSSR count). The molecule has 0 saturated heterocycles. The van der Waals surface area contributed by atoms with Crippen molar-refractivity contribution < 1.29 is 19.4 Å². The highest BCUT2D eigenvalue weighted by Crippen LogP contribution is 2.43. The maximum atomic E-state index is 9.90. The Balaban J connectivity index is 2.41. The van der Waals surface area contributed by atoms with E-state index in [2.05, 4.69) is 20.8 Å². The summed E-state index contributed by atoms with van der Waals surface area (Å²) in [6, 6.07) is 1.69. The molecule has 0 atom stereocenters. The molecule has 0 fully saturated rings. The number of ether oxygens (including phenoxy) is 2. The van der Waals surface area contributed by atoms with Gasteiger partial charge in [-0.15, -0.1) is 0 Å². The molecule has 88 valence electrons. The third-order valence-electron chi connectivity index (χ3n) is 2.32. The summed E-state index contributed by atoms with van der Waals surface area (Å²) in [4.78, 5) is 4.51. The third-order valence-corrected chi connectivity index (χ3v) is 2.93. The van der Waals surface area contributed by atoms with E-state index in [0.29, 0.717) is 47.8 Å². The van der Waals surface area contributed by atoms with Crippen molar-refractivity contribution in [3.05, 3.63) is 16.1 Å². The molecule has 1 heterocycles. The lowest BCUT2D eigenvalue weighted by molar-refractivity contribution is 0.137. The quantitative estimate of drug-likeness (QED) is 0.822. The molecule has 0 amide bonds. The lowest BCUT2D eigenvalue weighted by atomic mass is 10.1. The van der Waals surface area contributed by atoms with Gasteiger partial charge in [-0.25, -0.2) is 5.90 Å². The first-order valence-corrected chi connectivity index (χ1v) is 5.65. The molecule has 0 saturated carbocycles. The summed E-state index contributed by atoms with van der Waals surface area (Å²) in [5.41, 5.74) is 0.648. The van der Waals surface area contributed by atoms with E-state index in [1.807, 2.05) is 0 Å². The SMILES string of the molecule is NOCCc1c(O)c(Br)cc2c1OCCO2. The summed E-state index contributed by atoms with van der Waals surface area (Å²) >= 11 is 3.26. The number of phenolic OH excluding ortho intramolecular Hbond substituents is 1. The van der Waals surface area contributed by atoms with Crippen LogP contribution in [-0.2, 0) is 11.3 Å². The zero-order valence-electron chi connectivity index (χ0n) is 8.53. The summed E-state index contributed by atoms with van der Waals surface area (Å²) in [6.07, 6.45) is 0.466. The molecule has 3 N–H and O–H groups in total. The van der Waals surface area contributed by atoms with Gasteiger partial charge in [0.1, 0.15) is 19.0 Å². The van der Waals surface area contributed by atoms with Crippen molar-refractivity contribution >= 4 is 15.9 Å². The van der Waals surface area contributed by atoms with Crippen LogP contribution < -0.4 is 15.4 Å². The Labute approximate surface area is 101 Å². The minimum absolute atomic E-state index is 0.140. The fourth-order valence-corrected chi connectivity index (χ4v) is 2.05. The van der Waals surface area contributed by atoms with Gasteiger partial charge in [-0.2, -0.15) is 0 Å². The molecule has 16 heavy (non-hydrogen) atoms. The van der Waals surface area contributed by atoms with Crippen LogP contribution in [0.15, 0.2) is 10.5 Å². The monoisotopic (exact) mass is 289 g/mol. The van der Waals surface area contributed by atoms with E-state index < -0.39 is 0 Å². The summed E-state index contributed by atoms with van der Waals surface area (Å²) < 4.78 is 11.5. The Morgan fingerprint density at radius 3 is 2.94 bits per heavy atom. The third kappa shape index (κ3) is 2.09. The van der Waals surface area contributed by atoms with Crippen LogP contribution in [0, 0.1) is 0 Å². The molecule has 1 aromatic carbocycles. The van der Waals surface area contributed by atoms with Gasteiger partial charge in [-0.1, -0.05) is 0 Å². The van der Waals surface area contributed by atoms with Gasteiger partial charge in [-0.3, -0.25) is 0 Å². The first kappa shape index (κ1) is 11.5. The molecule has 6 heteroatoms. The number of aromatic hydroxyl groups is 1. The highest BCUT2D eigenvalue weighted by Gasteiger charge is 2.21. The van der Waals surface area contributed by atoms with Gasteiger partial charge in [0.15, 0.2) is 11.5 Å². The zero-order chi connectivity index (χ0) is 11.5. The average Bonchev–Trinajstić information content (AvgIpc) is 2.30. The van der Waals surface area contributed by atoms with Crippen LogP contribution in [0.1, 0.15) is 5.56 Å². The fourth-order valence-electron chi connectivity index (χ4n) is 1.60. The Morgan fingerprint density at radius 1 is 1.44 bits per heavy atom. The van der Waals surface area contributed by atoms with Gasteiger partial charge < -0.3 is 19.4 Å². The summed E-state index contributed by atoms with van der Waals surface area (Å²) in [7, 11) is 0. The minimum Gasteiger partial charge on any atom is -0.506 e. The van der Waals surface area contributed by atoms with E-state index in [-0.39, 0.29) is 5.75 Å². The number of nitrogens with two attached hydrogens (primary N) is 1. The smallest absolute Gasteiger partial charge is 0.168 e. The van der Waals surface area contributed by atoms with E-state index in [9.17, 15) is 5.11 Å². The summed E-state index contributed by atoms with van der Waals surface area (Å²) in [5, 5.41) is 9.90.